The molecule has 2 aromatic rings. The fourth-order valence-electron chi connectivity index (χ4n) is 2.18. The highest BCUT2D eigenvalue weighted by Gasteiger charge is 2.12. The van der Waals surface area contributed by atoms with Crippen molar-refractivity contribution < 1.29 is 4.92 Å². The molecule has 4 nitrogen and oxygen atoms in total. The molecule has 0 aliphatic heterocycles. The SMILES string of the molecule is CN(C)CCCc1cc([N+](=O)[O-])ccc1Sc1ccccc1. The third-order valence-electron chi connectivity index (χ3n) is 3.28. The lowest BCUT2D eigenvalue weighted by Crippen LogP contribution is -2.13. The predicted molar refractivity (Wildman–Crippen MR) is 90.5 cm³/mol. The Bertz CT molecular complexity index is 630. The zero-order chi connectivity index (χ0) is 15.9. The van der Waals surface area contributed by atoms with Crippen LogP contribution < -0.4 is 0 Å². The average molecular weight is 316 g/mol. The van der Waals surface area contributed by atoms with E-state index in [-0.39, 0.29) is 10.6 Å². The van der Waals surface area contributed by atoms with Crippen LogP contribution in [0.15, 0.2) is 58.3 Å². The van der Waals surface area contributed by atoms with Gasteiger partial charge in [-0.25, -0.2) is 0 Å². The molecule has 2 aromatic carbocycles. The fourth-order valence-corrected chi connectivity index (χ4v) is 3.15. The quantitative estimate of drug-likeness (QED) is 0.566. The van der Waals surface area contributed by atoms with Crippen molar-refractivity contribution in [3.8, 4) is 0 Å². The standard InChI is InChI=1S/C17H20N2O2S/c1-18(2)12-6-7-14-13-15(19(20)21)10-11-17(14)22-16-8-4-3-5-9-16/h3-5,8-11,13H,6-7,12H2,1-2H3. The molecule has 0 aliphatic rings. The lowest BCUT2D eigenvalue weighted by molar-refractivity contribution is -0.385. The van der Waals surface area contributed by atoms with E-state index in [9.17, 15) is 10.1 Å². The van der Waals surface area contributed by atoms with Crippen molar-refractivity contribution in [2.24, 2.45) is 0 Å². The van der Waals surface area contributed by atoms with Crippen LogP contribution in [0.25, 0.3) is 0 Å². The summed E-state index contributed by atoms with van der Waals surface area (Å²) in [5.74, 6) is 0. The molecule has 0 unspecified atom stereocenters. The summed E-state index contributed by atoms with van der Waals surface area (Å²) in [5, 5.41) is 11.0. The molecule has 0 saturated heterocycles. The largest absolute Gasteiger partial charge is 0.309 e. The van der Waals surface area contributed by atoms with Crippen LogP contribution in [-0.4, -0.2) is 30.5 Å². The minimum Gasteiger partial charge on any atom is -0.309 e. The van der Waals surface area contributed by atoms with Crippen molar-refractivity contribution in [3.05, 3.63) is 64.2 Å². The molecular weight excluding hydrogens is 296 g/mol. The molecule has 0 saturated carbocycles. The number of benzene rings is 2. The second-order valence-electron chi connectivity index (χ2n) is 5.37. The van der Waals surface area contributed by atoms with Gasteiger partial charge in [0.15, 0.2) is 0 Å². The Morgan fingerprint density at radius 3 is 2.50 bits per heavy atom. The summed E-state index contributed by atoms with van der Waals surface area (Å²) in [6.07, 6.45) is 1.82. The van der Waals surface area contributed by atoms with E-state index in [1.807, 2.05) is 38.4 Å². The number of hydrogen-bond acceptors (Lipinski definition) is 4. The average Bonchev–Trinajstić information content (AvgIpc) is 2.49. The number of nitro benzene ring substituents is 1. The lowest BCUT2D eigenvalue weighted by atomic mass is 10.1. The molecule has 0 fully saturated rings. The van der Waals surface area contributed by atoms with Gasteiger partial charge in [-0.2, -0.15) is 0 Å². The number of nitro groups is 1. The summed E-state index contributed by atoms with van der Waals surface area (Å²) in [6, 6.07) is 15.2. The van der Waals surface area contributed by atoms with Gasteiger partial charge in [0.25, 0.3) is 5.69 Å². The number of hydrogen-bond donors (Lipinski definition) is 0. The van der Waals surface area contributed by atoms with Crippen LogP contribution in [-0.2, 0) is 6.42 Å². The fraction of sp³-hybridized carbons (Fsp3) is 0.294. The van der Waals surface area contributed by atoms with E-state index >= 15 is 0 Å². The van der Waals surface area contributed by atoms with Crippen LogP contribution in [0.4, 0.5) is 5.69 Å². The van der Waals surface area contributed by atoms with Crippen LogP contribution in [0.3, 0.4) is 0 Å². The highest BCUT2D eigenvalue weighted by Crippen LogP contribution is 2.33. The first-order valence-electron chi connectivity index (χ1n) is 7.21. The number of nitrogens with zero attached hydrogens (tertiary/aromatic N) is 2. The molecule has 22 heavy (non-hydrogen) atoms. The zero-order valence-electron chi connectivity index (χ0n) is 12.9. The normalized spacial score (nSPS) is 10.9. The Kier molecular flexibility index (Phi) is 5.98. The van der Waals surface area contributed by atoms with Gasteiger partial charge in [-0.05, 0) is 57.2 Å². The van der Waals surface area contributed by atoms with Crippen molar-refractivity contribution in [3.63, 3.8) is 0 Å². The molecule has 0 N–H and O–H groups in total. The topological polar surface area (TPSA) is 46.4 Å². The van der Waals surface area contributed by atoms with E-state index in [4.69, 9.17) is 0 Å². The summed E-state index contributed by atoms with van der Waals surface area (Å²) >= 11 is 1.66. The molecule has 0 spiro atoms. The van der Waals surface area contributed by atoms with E-state index in [0.29, 0.717) is 0 Å². The maximum Gasteiger partial charge on any atom is 0.269 e. The van der Waals surface area contributed by atoms with Gasteiger partial charge in [-0.15, -0.1) is 0 Å². The Hall–Kier alpha value is -1.85. The molecule has 0 radical (unpaired) electrons. The first-order chi connectivity index (χ1) is 10.6. The molecule has 0 atom stereocenters. The first-order valence-corrected chi connectivity index (χ1v) is 8.03. The summed E-state index contributed by atoms with van der Waals surface area (Å²) in [4.78, 5) is 15.0. The van der Waals surface area contributed by atoms with Gasteiger partial charge in [-0.1, -0.05) is 30.0 Å². The molecule has 0 aromatic heterocycles. The summed E-state index contributed by atoms with van der Waals surface area (Å²) in [5.41, 5.74) is 1.21. The van der Waals surface area contributed by atoms with Crippen LogP contribution in [0.1, 0.15) is 12.0 Å². The smallest absolute Gasteiger partial charge is 0.269 e. The van der Waals surface area contributed by atoms with E-state index in [0.717, 1.165) is 34.7 Å². The Labute approximate surface area is 135 Å². The van der Waals surface area contributed by atoms with Gasteiger partial charge in [0, 0.05) is 21.9 Å². The monoisotopic (exact) mass is 316 g/mol. The Morgan fingerprint density at radius 2 is 1.86 bits per heavy atom. The summed E-state index contributed by atoms with van der Waals surface area (Å²) in [6.45, 7) is 0.970. The van der Waals surface area contributed by atoms with Crippen molar-refractivity contribution >= 4 is 17.4 Å². The van der Waals surface area contributed by atoms with Crippen LogP contribution in [0, 0.1) is 10.1 Å². The molecule has 2 rings (SSSR count). The third-order valence-corrected chi connectivity index (χ3v) is 4.40. The molecule has 5 heteroatoms. The molecule has 0 heterocycles. The number of non-ortho nitro benzene ring substituents is 1. The van der Waals surface area contributed by atoms with E-state index < -0.39 is 0 Å². The lowest BCUT2D eigenvalue weighted by Gasteiger charge is -2.12. The predicted octanol–water partition coefficient (Wildman–Crippen LogP) is 4.24. The second kappa shape index (κ2) is 7.96. The third kappa shape index (κ3) is 4.86. The van der Waals surface area contributed by atoms with Crippen molar-refractivity contribution in [1.82, 2.24) is 4.90 Å². The summed E-state index contributed by atoms with van der Waals surface area (Å²) < 4.78 is 0. The minimum absolute atomic E-state index is 0.164. The molecular formula is C17H20N2O2S. The van der Waals surface area contributed by atoms with Gasteiger partial charge < -0.3 is 4.90 Å². The highest BCUT2D eigenvalue weighted by atomic mass is 32.2. The van der Waals surface area contributed by atoms with Gasteiger partial charge in [-0.3, -0.25) is 10.1 Å². The Morgan fingerprint density at radius 1 is 1.14 bits per heavy atom. The van der Waals surface area contributed by atoms with Gasteiger partial charge in [0.2, 0.25) is 0 Å². The van der Waals surface area contributed by atoms with Crippen molar-refractivity contribution in [2.45, 2.75) is 22.6 Å². The van der Waals surface area contributed by atoms with Gasteiger partial charge in [0.1, 0.15) is 0 Å². The maximum absolute atomic E-state index is 11.0. The first kappa shape index (κ1) is 16.5. The summed E-state index contributed by atoms with van der Waals surface area (Å²) in [7, 11) is 4.07. The minimum atomic E-state index is -0.327. The highest BCUT2D eigenvalue weighted by molar-refractivity contribution is 7.99. The van der Waals surface area contributed by atoms with Gasteiger partial charge in [0.05, 0.1) is 4.92 Å². The Balaban J connectivity index is 2.21. The van der Waals surface area contributed by atoms with E-state index in [1.165, 1.54) is 0 Å². The van der Waals surface area contributed by atoms with Crippen molar-refractivity contribution in [1.29, 1.82) is 0 Å². The van der Waals surface area contributed by atoms with Crippen LogP contribution in [0.5, 0.6) is 0 Å². The van der Waals surface area contributed by atoms with Crippen LogP contribution >= 0.6 is 11.8 Å². The molecule has 116 valence electrons. The molecule has 0 bridgehead atoms. The maximum atomic E-state index is 11.0. The van der Waals surface area contributed by atoms with Crippen LogP contribution in [0.2, 0.25) is 0 Å². The second-order valence-corrected chi connectivity index (χ2v) is 6.49. The molecule has 0 aliphatic carbocycles. The number of rotatable bonds is 7. The van der Waals surface area contributed by atoms with E-state index in [1.54, 1.807) is 23.9 Å². The van der Waals surface area contributed by atoms with E-state index in [2.05, 4.69) is 17.0 Å². The number of aryl methyl sites for hydroxylation is 1. The van der Waals surface area contributed by atoms with Crippen molar-refractivity contribution in [2.75, 3.05) is 20.6 Å². The van der Waals surface area contributed by atoms with Gasteiger partial charge >= 0.3 is 0 Å². The zero-order valence-corrected chi connectivity index (χ0v) is 13.7. The molecule has 0 amide bonds.